The van der Waals surface area contributed by atoms with Gasteiger partial charge in [0.2, 0.25) is 0 Å². The van der Waals surface area contributed by atoms with Crippen LogP contribution in [0, 0.1) is 0 Å². The van der Waals surface area contributed by atoms with Crippen molar-refractivity contribution in [3.63, 3.8) is 0 Å². The zero-order chi connectivity index (χ0) is 13.7. The summed E-state index contributed by atoms with van der Waals surface area (Å²) in [6.07, 6.45) is 1.82. The number of rotatable bonds is 4. The second-order valence-electron chi connectivity index (χ2n) is 4.57. The normalized spacial score (nSPS) is 16.6. The molecule has 1 fully saturated rings. The second kappa shape index (κ2) is 6.78. The summed E-state index contributed by atoms with van der Waals surface area (Å²) in [4.78, 5) is 14.0. The maximum absolute atomic E-state index is 12.2. The number of piperidine rings is 1. The first-order chi connectivity index (χ1) is 9.22. The van der Waals surface area contributed by atoms with Crippen molar-refractivity contribution < 1.29 is 14.6 Å². The van der Waals surface area contributed by atoms with E-state index < -0.39 is 0 Å². The number of carbonyl (C=O) groups is 1. The molecule has 1 N–H and O–H groups in total. The molecule has 19 heavy (non-hydrogen) atoms. The number of aromatic hydroxyl groups is 1. The van der Waals surface area contributed by atoms with Crippen LogP contribution in [0.4, 0.5) is 0 Å². The maximum atomic E-state index is 12.2. The van der Waals surface area contributed by atoms with E-state index in [4.69, 9.17) is 16.3 Å². The van der Waals surface area contributed by atoms with E-state index in [1.165, 1.54) is 6.07 Å². The molecule has 4 nitrogen and oxygen atoms in total. The molecular weight excluding hydrogens is 266 g/mol. The number of alkyl halides is 1. The number of hydrogen-bond donors (Lipinski definition) is 1. The van der Waals surface area contributed by atoms with Gasteiger partial charge in [-0.3, -0.25) is 4.79 Å². The highest BCUT2D eigenvalue weighted by molar-refractivity contribution is 6.17. The highest BCUT2D eigenvalue weighted by Gasteiger charge is 2.25. The Morgan fingerprint density at radius 3 is 2.68 bits per heavy atom. The lowest BCUT2D eigenvalue weighted by Crippen LogP contribution is -2.41. The molecule has 0 aromatic heterocycles. The fourth-order valence-corrected chi connectivity index (χ4v) is 2.35. The Hall–Kier alpha value is -1.26. The van der Waals surface area contributed by atoms with Gasteiger partial charge in [-0.2, -0.15) is 0 Å². The first kappa shape index (κ1) is 14.2. The summed E-state index contributed by atoms with van der Waals surface area (Å²) in [7, 11) is 0. The van der Waals surface area contributed by atoms with E-state index in [1.807, 2.05) is 0 Å². The van der Waals surface area contributed by atoms with Gasteiger partial charge in [0.05, 0.1) is 18.3 Å². The van der Waals surface area contributed by atoms with Crippen LogP contribution in [0.15, 0.2) is 24.3 Å². The van der Waals surface area contributed by atoms with Crippen LogP contribution in [-0.4, -0.2) is 47.6 Å². The summed E-state index contributed by atoms with van der Waals surface area (Å²) in [6.45, 7) is 1.86. The molecule has 0 radical (unpaired) electrons. The average Bonchev–Trinajstić information content (AvgIpc) is 2.45. The number of halogens is 1. The van der Waals surface area contributed by atoms with Crippen molar-refractivity contribution in [2.75, 3.05) is 25.6 Å². The summed E-state index contributed by atoms with van der Waals surface area (Å²) in [5.41, 5.74) is 0.364. The standard InChI is InChI=1S/C14H18ClNO3/c15-7-10-19-11-5-8-16(9-6-11)14(18)12-3-1-2-4-13(12)17/h1-4,11,17H,5-10H2. The minimum Gasteiger partial charge on any atom is -0.507 e. The van der Waals surface area contributed by atoms with Crippen molar-refractivity contribution in [3.05, 3.63) is 29.8 Å². The third kappa shape index (κ3) is 3.61. The van der Waals surface area contributed by atoms with Crippen molar-refractivity contribution >= 4 is 17.5 Å². The van der Waals surface area contributed by atoms with Gasteiger partial charge in [0.1, 0.15) is 5.75 Å². The van der Waals surface area contributed by atoms with Gasteiger partial charge in [0.15, 0.2) is 0 Å². The van der Waals surface area contributed by atoms with E-state index in [9.17, 15) is 9.90 Å². The molecule has 1 aromatic rings. The smallest absolute Gasteiger partial charge is 0.257 e. The molecule has 0 saturated carbocycles. The van der Waals surface area contributed by atoms with Gasteiger partial charge in [-0.05, 0) is 25.0 Å². The Labute approximate surface area is 117 Å². The predicted molar refractivity (Wildman–Crippen MR) is 73.7 cm³/mol. The number of carbonyl (C=O) groups excluding carboxylic acids is 1. The third-order valence-corrected chi connectivity index (χ3v) is 3.45. The molecule has 1 aliphatic heterocycles. The van der Waals surface area contributed by atoms with E-state index in [0.29, 0.717) is 31.1 Å². The number of nitrogens with zero attached hydrogens (tertiary/aromatic N) is 1. The van der Waals surface area contributed by atoms with Crippen LogP contribution in [-0.2, 0) is 4.74 Å². The van der Waals surface area contributed by atoms with E-state index in [0.717, 1.165) is 12.8 Å². The van der Waals surface area contributed by atoms with Crippen LogP contribution in [0.25, 0.3) is 0 Å². The highest BCUT2D eigenvalue weighted by atomic mass is 35.5. The Morgan fingerprint density at radius 1 is 1.37 bits per heavy atom. The number of hydrogen-bond acceptors (Lipinski definition) is 3. The molecule has 1 amide bonds. The lowest BCUT2D eigenvalue weighted by atomic mass is 10.1. The first-order valence-electron chi connectivity index (χ1n) is 6.47. The van der Waals surface area contributed by atoms with Gasteiger partial charge in [-0.15, -0.1) is 11.6 Å². The summed E-state index contributed by atoms with van der Waals surface area (Å²) < 4.78 is 5.57. The molecule has 0 unspecified atom stereocenters. The number of likely N-dealkylation sites (tertiary alicyclic amines) is 1. The molecule has 1 aliphatic rings. The van der Waals surface area contributed by atoms with Crippen LogP contribution in [0.5, 0.6) is 5.75 Å². The van der Waals surface area contributed by atoms with E-state index >= 15 is 0 Å². The number of phenolic OH excluding ortho intramolecular Hbond substituents is 1. The van der Waals surface area contributed by atoms with E-state index in [2.05, 4.69) is 0 Å². The van der Waals surface area contributed by atoms with Gasteiger partial charge in [0, 0.05) is 19.0 Å². The van der Waals surface area contributed by atoms with Crippen LogP contribution in [0.2, 0.25) is 0 Å². The van der Waals surface area contributed by atoms with Crippen LogP contribution in [0.3, 0.4) is 0 Å². The minimum absolute atomic E-state index is 0.0352. The third-order valence-electron chi connectivity index (χ3n) is 3.29. The zero-order valence-electron chi connectivity index (χ0n) is 10.7. The number of benzene rings is 1. The van der Waals surface area contributed by atoms with Gasteiger partial charge in [0.25, 0.3) is 5.91 Å². The van der Waals surface area contributed by atoms with E-state index in [1.54, 1.807) is 23.1 Å². The van der Waals surface area contributed by atoms with Crippen molar-refractivity contribution in [3.8, 4) is 5.75 Å². The summed E-state index contributed by atoms with van der Waals surface area (Å²) in [5.74, 6) is 0.415. The Morgan fingerprint density at radius 2 is 2.05 bits per heavy atom. The predicted octanol–water partition coefficient (Wildman–Crippen LogP) is 2.25. The topological polar surface area (TPSA) is 49.8 Å². The van der Waals surface area contributed by atoms with Gasteiger partial charge in [-0.1, -0.05) is 12.1 Å². The summed E-state index contributed by atoms with van der Waals surface area (Å²) >= 11 is 5.58. The molecule has 1 heterocycles. The quantitative estimate of drug-likeness (QED) is 0.862. The van der Waals surface area contributed by atoms with Crippen molar-refractivity contribution in [1.82, 2.24) is 4.90 Å². The minimum atomic E-state index is -0.117. The Kier molecular flexibility index (Phi) is 5.05. The Balaban J connectivity index is 1.91. The second-order valence-corrected chi connectivity index (χ2v) is 4.95. The number of ether oxygens (including phenoxy) is 1. The molecule has 0 atom stereocenters. The van der Waals surface area contributed by atoms with Crippen molar-refractivity contribution in [1.29, 1.82) is 0 Å². The SMILES string of the molecule is O=C(c1ccccc1O)N1CCC(OCCCl)CC1. The van der Waals surface area contributed by atoms with Crippen molar-refractivity contribution in [2.45, 2.75) is 18.9 Å². The molecule has 1 saturated heterocycles. The molecular formula is C14H18ClNO3. The molecule has 0 spiro atoms. The fraction of sp³-hybridized carbons (Fsp3) is 0.500. The van der Waals surface area contributed by atoms with Gasteiger partial charge >= 0.3 is 0 Å². The number of para-hydroxylation sites is 1. The maximum Gasteiger partial charge on any atom is 0.257 e. The molecule has 2 rings (SSSR count). The van der Waals surface area contributed by atoms with E-state index in [-0.39, 0.29) is 17.8 Å². The number of phenols is 1. The molecule has 5 heteroatoms. The van der Waals surface area contributed by atoms with Crippen molar-refractivity contribution in [2.24, 2.45) is 0 Å². The molecule has 104 valence electrons. The zero-order valence-corrected chi connectivity index (χ0v) is 11.5. The van der Waals surface area contributed by atoms with Gasteiger partial charge < -0.3 is 14.7 Å². The molecule has 0 bridgehead atoms. The lowest BCUT2D eigenvalue weighted by molar-refractivity contribution is 0.0153. The molecule has 1 aromatic carbocycles. The monoisotopic (exact) mass is 283 g/mol. The summed E-state index contributed by atoms with van der Waals surface area (Å²) in [6, 6.07) is 6.64. The fourth-order valence-electron chi connectivity index (χ4n) is 2.26. The first-order valence-corrected chi connectivity index (χ1v) is 7.00. The number of amides is 1. The van der Waals surface area contributed by atoms with Gasteiger partial charge in [-0.25, -0.2) is 0 Å². The van der Waals surface area contributed by atoms with Crippen LogP contribution < -0.4 is 0 Å². The Bertz CT molecular complexity index is 430. The average molecular weight is 284 g/mol. The largest absolute Gasteiger partial charge is 0.507 e. The lowest BCUT2D eigenvalue weighted by Gasteiger charge is -2.32. The van der Waals surface area contributed by atoms with Crippen LogP contribution in [0.1, 0.15) is 23.2 Å². The van der Waals surface area contributed by atoms with Crippen LogP contribution >= 0.6 is 11.6 Å². The highest BCUT2D eigenvalue weighted by Crippen LogP contribution is 2.21. The summed E-state index contributed by atoms with van der Waals surface area (Å²) in [5, 5.41) is 9.69. The molecule has 0 aliphatic carbocycles.